The molecular weight excluding hydrogens is 390 g/mol. The minimum absolute atomic E-state index is 0.142. The Hall–Kier alpha value is -3.94. The standard InChI is InChI=1S/C23H23N7O/c31-23(26-16-20-27-18-5-1-2-6-19(18)28-20)17-8-10-25-22(15-17)30-13-11-29(12-14-30)21-7-3-4-9-24-21/h1-10,15H,11-14,16H2,(H,26,31)(H,27,28). The lowest BCUT2D eigenvalue weighted by molar-refractivity contribution is 0.0950. The molecule has 5 rings (SSSR count). The van der Waals surface area contributed by atoms with Gasteiger partial charge in [-0.2, -0.15) is 0 Å². The van der Waals surface area contributed by atoms with Crippen LogP contribution in [0.5, 0.6) is 0 Å². The maximum Gasteiger partial charge on any atom is 0.251 e. The lowest BCUT2D eigenvalue weighted by Crippen LogP contribution is -2.47. The molecule has 0 bridgehead atoms. The van der Waals surface area contributed by atoms with E-state index in [1.54, 1.807) is 12.3 Å². The van der Waals surface area contributed by atoms with E-state index in [-0.39, 0.29) is 5.91 Å². The number of pyridine rings is 2. The molecule has 0 atom stereocenters. The summed E-state index contributed by atoms with van der Waals surface area (Å²) < 4.78 is 0. The summed E-state index contributed by atoms with van der Waals surface area (Å²) in [5.74, 6) is 2.40. The number of aromatic nitrogens is 4. The Balaban J connectivity index is 1.21. The molecule has 1 saturated heterocycles. The van der Waals surface area contributed by atoms with Crippen molar-refractivity contribution in [2.24, 2.45) is 0 Å². The minimum atomic E-state index is -0.142. The van der Waals surface area contributed by atoms with E-state index < -0.39 is 0 Å². The molecule has 4 heterocycles. The molecule has 1 aromatic carbocycles. The Labute approximate surface area is 180 Å². The fraction of sp³-hybridized carbons (Fsp3) is 0.217. The smallest absolute Gasteiger partial charge is 0.251 e. The first-order valence-electron chi connectivity index (χ1n) is 10.3. The number of anilines is 2. The molecule has 0 unspecified atom stereocenters. The molecule has 4 aromatic rings. The van der Waals surface area contributed by atoms with Crippen molar-refractivity contribution >= 4 is 28.6 Å². The van der Waals surface area contributed by atoms with Crippen molar-refractivity contribution in [1.29, 1.82) is 0 Å². The Kier molecular flexibility index (Phi) is 5.18. The minimum Gasteiger partial charge on any atom is -0.353 e. The highest BCUT2D eigenvalue weighted by Gasteiger charge is 2.20. The predicted octanol–water partition coefficient (Wildman–Crippen LogP) is 2.61. The molecule has 3 aromatic heterocycles. The molecule has 0 spiro atoms. The van der Waals surface area contributed by atoms with Gasteiger partial charge in [-0.15, -0.1) is 0 Å². The Morgan fingerprint density at radius 1 is 0.903 bits per heavy atom. The molecule has 1 amide bonds. The first-order valence-corrected chi connectivity index (χ1v) is 10.3. The van der Waals surface area contributed by atoms with Crippen molar-refractivity contribution < 1.29 is 4.79 Å². The van der Waals surface area contributed by atoms with Gasteiger partial charge in [0, 0.05) is 44.1 Å². The van der Waals surface area contributed by atoms with Gasteiger partial charge in [-0.3, -0.25) is 4.79 Å². The number of amides is 1. The summed E-state index contributed by atoms with van der Waals surface area (Å²) in [7, 11) is 0. The van der Waals surface area contributed by atoms with E-state index in [9.17, 15) is 4.79 Å². The van der Waals surface area contributed by atoms with Gasteiger partial charge in [0.1, 0.15) is 17.5 Å². The number of hydrogen-bond donors (Lipinski definition) is 2. The number of aromatic amines is 1. The second-order valence-corrected chi connectivity index (χ2v) is 7.45. The van der Waals surface area contributed by atoms with Crippen molar-refractivity contribution in [2.45, 2.75) is 6.54 Å². The maximum absolute atomic E-state index is 12.7. The van der Waals surface area contributed by atoms with E-state index in [2.05, 4.69) is 35.1 Å². The summed E-state index contributed by atoms with van der Waals surface area (Å²) in [6, 6.07) is 17.4. The number of carbonyl (C=O) groups is 1. The number of rotatable bonds is 5. The Bertz CT molecular complexity index is 1150. The molecule has 1 fully saturated rings. The third-order valence-electron chi connectivity index (χ3n) is 5.44. The van der Waals surface area contributed by atoms with Crippen LogP contribution in [0.25, 0.3) is 11.0 Å². The lowest BCUT2D eigenvalue weighted by atomic mass is 10.2. The van der Waals surface area contributed by atoms with Crippen LogP contribution in [0.1, 0.15) is 16.2 Å². The number of hydrogen-bond acceptors (Lipinski definition) is 6. The van der Waals surface area contributed by atoms with Crippen molar-refractivity contribution in [3.8, 4) is 0 Å². The lowest BCUT2D eigenvalue weighted by Gasteiger charge is -2.36. The second kappa shape index (κ2) is 8.43. The van der Waals surface area contributed by atoms with Crippen molar-refractivity contribution in [2.75, 3.05) is 36.0 Å². The fourth-order valence-corrected chi connectivity index (χ4v) is 3.79. The second-order valence-electron chi connectivity index (χ2n) is 7.45. The average Bonchev–Trinajstić information content (AvgIpc) is 3.26. The van der Waals surface area contributed by atoms with E-state index in [0.29, 0.717) is 12.1 Å². The monoisotopic (exact) mass is 413 g/mol. The van der Waals surface area contributed by atoms with Crippen LogP contribution in [0, 0.1) is 0 Å². The molecule has 0 radical (unpaired) electrons. The summed E-state index contributed by atoms with van der Waals surface area (Å²) >= 11 is 0. The van der Waals surface area contributed by atoms with Gasteiger partial charge in [-0.1, -0.05) is 18.2 Å². The topological polar surface area (TPSA) is 90.0 Å². The van der Waals surface area contributed by atoms with Crippen molar-refractivity contribution in [3.63, 3.8) is 0 Å². The third kappa shape index (κ3) is 4.18. The van der Waals surface area contributed by atoms with Gasteiger partial charge in [0.15, 0.2) is 0 Å². The average molecular weight is 413 g/mol. The highest BCUT2D eigenvalue weighted by Crippen LogP contribution is 2.18. The van der Waals surface area contributed by atoms with E-state index in [4.69, 9.17) is 0 Å². The Morgan fingerprint density at radius 2 is 1.65 bits per heavy atom. The third-order valence-corrected chi connectivity index (χ3v) is 5.44. The van der Waals surface area contributed by atoms with Gasteiger partial charge in [0.2, 0.25) is 0 Å². The number of H-pyrrole nitrogens is 1. The highest BCUT2D eigenvalue weighted by molar-refractivity contribution is 5.94. The zero-order chi connectivity index (χ0) is 21.0. The molecule has 0 aliphatic carbocycles. The van der Waals surface area contributed by atoms with Crippen LogP contribution in [0.4, 0.5) is 11.6 Å². The van der Waals surface area contributed by atoms with Crippen LogP contribution in [-0.2, 0) is 6.54 Å². The van der Waals surface area contributed by atoms with Crippen LogP contribution in [0.15, 0.2) is 67.0 Å². The largest absolute Gasteiger partial charge is 0.353 e. The van der Waals surface area contributed by atoms with Gasteiger partial charge >= 0.3 is 0 Å². The van der Waals surface area contributed by atoms with Gasteiger partial charge in [0.25, 0.3) is 5.91 Å². The first-order chi connectivity index (χ1) is 15.3. The van der Waals surface area contributed by atoms with Gasteiger partial charge < -0.3 is 20.1 Å². The number of fused-ring (bicyclic) bond motifs is 1. The summed E-state index contributed by atoms with van der Waals surface area (Å²) in [6.45, 7) is 3.72. The number of para-hydroxylation sites is 2. The van der Waals surface area contributed by atoms with Gasteiger partial charge in [-0.05, 0) is 36.4 Å². The Morgan fingerprint density at radius 3 is 2.42 bits per heavy atom. The number of piperazine rings is 1. The normalized spacial score (nSPS) is 14.1. The molecule has 156 valence electrons. The number of imidazole rings is 1. The van der Waals surface area contributed by atoms with Crippen LogP contribution in [0.2, 0.25) is 0 Å². The molecule has 0 saturated carbocycles. The SMILES string of the molecule is O=C(NCc1nc2ccccc2[nH]1)c1ccnc(N2CCN(c3ccccn3)CC2)c1. The molecule has 1 aliphatic heterocycles. The number of benzene rings is 1. The predicted molar refractivity (Wildman–Crippen MR) is 120 cm³/mol. The molecule has 1 aliphatic rings. The van der Waals surface area contributed by atoms with Crippen molar-refractivity contribution in [3.05, 3.63) is 78.4 Å². The highest BCUT2D eigenvalue weighted by atomic mass is 16.1. The van der Waals surface area contributed by atoms with Crippen LogP contribution >= 0.6 is 0 Å². The van der Waals surface area contributed by atoms with E-state index in [1.807, 2.05) is 54.7 Å². The quantitative estimate of drug-likeness (QED) is 0.523. The summed E-state index contributed by atoms with van der Waals surface area (Å²) in [5.41, 5.74) is 2.44. The zero-order valence-corrected chi connectivity index (χ0v) is 17.0. The maximum atomic E-state index is 12.7. The van der Waals surface area contributed by atoms with Gasteiger partial charge in [-0.25, -0.2) is 15.0 Å². The summed E-state index contributed by atoms with van der Waals surface area (Å²) in [6.07, 6.45) is 3.51. The van der Waals surface area contributed by atoms with Crippen LogP contribution < -0.4 is 15.1 Å². The summed E-state index contributed by atoms with van der Waals surface area (Å²) in [5, 5.41) is 2.94. The van der Waals surface area contributed by atoms with Crippen LogP contribution in [-0.4, -0.2) is 52.0 Å². The molecule has 8 nitrogen and oxygen atoms in total. The summed E-state index contributed by atoms with van der Waals surface area (Å²) in [4.78, 5) is 33.8. The van der Waals surface area contributed by atoms with E-state index in [0.717, 1.165) is 54.7 Å². The van der Waals surface area contributed by atoms with E-state index >= 15 is 0 Å². The van der Waals surface area contributed by atoms with Crippen LogP contribution in [0.3, 0.4) is 0 Å². The van der Waals surface area contributed by atoms with Crippen molar-refractivity contribution in [1.82, 2.24) is 25.3 Å². The fourth-order valence-electron chi connectivity index (χ4n) is 3.79. The first kappa shape index (κ1) is 19.0. The molecule has 31 heavy (non-hydrogen) atoms. The molecule has 2 N–H and O–H groups in total. The van der Waals surface area contributed by atoms with Gasteiger partial charge in [0.05, 0.1) is 17.6 Å². The number of carbonyl (C=O) groups excluding carboxylic acids is 1. The molecular formula is C23H23N7O. The number of nitrogens with one attached hydrogen (secondary N) is 2. The molecule has 8 heteroatoms. The number of nitrogens with zero attached hydrogens (tertiary/aromatic N) is 5. The van der Waals surface area contributed by atoms with E-state index in [1.165, 1.54) is 0 Å². The zero-order valence-electron chi connectivity index (χ0n) is 17.0.